The molecule has 2 aromatic carbocycles. The normalized spacial score (nSPS) is 12.9. The highest BCUT2D eigenvalue weighted by Gasteiger charge is 2.23. The SMILES string of the molecule is Cc1cc(F)cc(-c2c(C#N)ccc(O)c2C(=O)NC2=NCCN2)c1. The lowest BCUT2D eigenvalue weighted by atomic mass is 9.92. The fourth-order valence-corrected chi connectivity index (χ4v) is 2.75. The summed E-state index contributed by atoms with van der Waals surface area (Å²) in [6.45, 7) is 2.85. The predicted octanol–water partition coefficient (Wildman–Crippen LogP) is 2.07. The van der Waals surface area contributed by atoms with Crippen molar-refractivity contribution in [1.82, 2.24) is 10.6 Å². The maximum atomic E-state index is 13.8. The topological polar surface area (TPSA) is 97.5 Å². The molecular formula is C18H15FN4O2. The molecule has 0 aromatic heterocycles. The number of halogens is 1. The molecule has 6 nitrogen and oxygen atoms in total. The predicted molar refractivity (Wildman–Crippen MR) is 90.7 cm³/mol. The van der Waals surface area contributed by atoms with Gasteiger partial charge in [-0.15, -0.1) is 0 Å². The molecule has 0 bridgehead atoms. The van der Waals surface area contributed by atoms with E-state index in [1.54, 1.807) is 13.0 Å². The van der Waals surface area contributed by atoms with E-state index in [0.29, 0.717) is 30.2 Å². The number of hydrogen-bond donors (Lipinski definition) is 3. The van der Waals surface area contributed by atoms with Crippen LogP contribution >= 0.6 is 0 Å². The van der Waals surface area contributed by atoms with Crippen molar-refractivity contribution in [3.05, 3.63) is 52.8 Å². The van der Waals surface area contributed by atoms with E-state index in [1.165, 1.54) is 24.3 Å². The maximum absolute atomic E-state index is 13.8. The standard InChI is InChI=1S/C18H15FN4O2/c1-10-6-12(8-13(19)7-10)15-11(9-20)2-3-14(24)16(15)17(25)23-18-21-4-5-22-18/h2-3,6-8,24H,4-5H2,1H3,(H2,21,22,23,25). The number of carbonyl (C=O) groups excluding carboxylic acids is 1. The van der Waals surface area contributed by atoms with Crippen molar-refractivity contribution in [2.45, 2.75) is 6.92 Å². The van der Waals surface area contributed by atoms with Gasteiger partial charge in [-0.3, -0.25) is 15.1 Å². The summed E-state index contributed by atoms with van der Waals surface area (Å²) in [5, 5.41) is 25.1. The Hall–Kier alpha value is -3.40. The van der Waals surface area contributed by atoms with E-state index in [4.69, 9.17) is 0 Å². The van der Waals surface area contributed by atoms with Crippen molar-refractivity contribution < 1.29 is 14.3 Å². The van der Waals surface area contributed by atoms with Gasteiger partial charge in [0.25, 0.3) is 5.91 Å². The number of rotatable bonds is 2. The molecule has 1 aliphatic rings. The Labute approximate surface area is 143 Å². The molecule has 1 aliphatic heterocycles. The third-order valence-electron chi connectivity index (χ3n) is 3.77. The summed E-state index contributed by atoms with van der Waals surface area (Å²) in [5.74, 6) is -1.12. The highest BCUT2D eigenvalue weighted by Crippen LogP contribution is 2.34. The molecule has 0 atom stereocenters. The fourth-order valence-electron chi connectivity index (χ4n) is 2.75. The van der Waals surface area contributed by atoms with Crippen LogP contribution in [0, 0.1) is 24.1 Å². The Morgan fingerprint density at radius 3 is 2.84 bits per heavy atom. The molecule has 7 heteroatoms. The lowest BCUT2D eigenvalue weighted by Gasteiger charge is -2.14. The average molecular weight is 338 g/mol. The van der Waals surface area contributed by atoms with Gasteiger partial charge in [-0.05, 0) is 42.3 Å². The van der Waals surface area contributed by atoms with E-state index in [-0.39, 0.29) is 22.4 Å². The summed E-state index contributed by atoms with van der Waals surface area (Å²) >= 11 is 0. The first-order chi connectivity index (χ1) is 12.0. The molecule has 126 valence electrons. The molecule has 0 unspecified atom stereocenters. The number of aliphatic imine (C=N–C) groups is 1. The van der Waals surface area contributed by atoms with Crippen LogP contribution in [0.3, 0.4) is 0 Å². The zero-order valence-corrected chi connectivity index (χ0v) is 13.4. The highest BCUT2D eigenvalue weighted by molar-refractivity contribution is 6.11. The van der Waals surface area contributed by atoms with Crippen molar-refractivity contribution in [1.29, 1.82) is 5.26 Å². The zero-order valence-electron chi connectivity index (χ0n) is 13.4. The van der Waals surface area contributed by atoms with Crippen LogP contribution in [0.4, 0.5) is 4.39 Å². The summed E-state index contributed by atoms with van der Waals surface area (Å²) in [6.07, 6.45) is 0. The minimum Gasteiger partial charge on any atom is -0.507 e. The van der Waals surface area contributed by atoms with E-state index in [1.807, 2.05) is 6.07 Å². The van der Waals surface area contributed by atoms with Gasteiger partial charge >= 0.3 is 0 Å². The Kier molecular flexibility index (Phi) is 4.35. The molecule has 3 N–H and O–H groups in total. The molecule has 0 saturated heterocycles. The largest absolute Gasteiger partial charge is 0.507 e. The number of nitrogens with one attached hydrogen (secondary N) is 2. The minimum absolute atomic E-state index is 0.0968. The second-order valence-corrected chi connectivity index (χ2v) is 5.62. The summed E-state index contributed by atoms with van der Waals surface area (Å²) in [4.78, 5) is 16.7. The second-order valence-electron chi connectivity index (χ2n) is 5.62. The molecule has 1 heterocycles. The first-order valence-corrected chi connectivity index (χ1v) is 7.63. The minimum atomic E-state index is -0.625. The summed E-state index contributed by atoms with van der Waals surface area (Å²) in [5.41, 5.74) is 1.22. The van der Waals surface area contributed by atoms with Gasteiger partial charge in [-0.2, -0.15) is 5.26 Å². The van der Waals surface area contributed by atoms with Gasteiger partial charge in [0.15, 0.2) is 5.96 Å². The Bertz CT molecular complexity index is 911. The second kappa shape index (κ2) is 6.61. The van der Waals surface area contributed by atoms with E-state index >= 15 is 0 Å². The van der Waals surface area contributed by atoms with Crippen molar-refractivity contribution >= 4 is 11.9 Å². The van der Waals surface area contributed by atoms with Crippen LogP contribution in [0.25, 0.3) is 11.1 Å². The van der Waals surface area contributed by atoms with Crippen LogP contribution in [0.1, 0.15) is 21.5 Å². The molecule has 0 saturated carbocycles. The zero-order chi connectivity index (χ0) is 18.0. The Balaban J connectivity index is 2.17. The van der Waals surface area contributed by atoms with Crippen LogP contribution in [-0.2, 0) is 0 Å². The van der Waals surface area contributed by atoms with Crippen LogP contribution in [0.2, 0.25) is 0 Å². The number of nitrogens with zero attached hydrogens (tertiary/aromatic N) is 2. The third-order valence-corrected chi connectivity index (χ3v) is 3.77. The number of nitriles is 1. The van der Waals surface area contributed by atoms with Crippen LogP contribution in [0.5, 0.6) is 5.75 Å². The van der Waals surface area contributed by atoms with Crippen molar-refractivity contribution in [2.75, 3.05) is 13.1 Å². The molecule has 25 heavy (non-hydrogen) atoms. The summed E-state index contributed by atoms with van der Waals surface area (Å²) < 4.78 is 13.8. The molecule has 0 radical (unpaired) electrons. The quantitative estimate of drug-likeness (QED) is 0.781. The van der Waals surface area contributed by atoms with Crippen molar-refractivity contribution in [3.8, 4) is 22.9 Å². The molecule has 0 spiro atoms. The molecule has 3 rings (SSSR count). The maximum Gasteiger partial charge on any atom is 0.262 e. The number of amides is 1. The number of aryl methyl sites for hydroxylation is 1. The van der Waals surface area contributed by atoms with Gasteiger partial charge in [0, 0.05) is 12.1 Å². The van der Waals surface area contributed by atoms with Crippen molar-refractivity contribution in [3.63, 3.8) is 0 Å². The number of phenols is 1. The number of carbonyl (C=O) groups is 1. The molecular weight excluding hydrogens is 323 g/mol. The summed E-state index contributed by atoms with van der Waals surface area (Å²) in [6, 6.07) is 8.88. The van der Waals surface area contributed by atoms with E-state index < -0.39 is 11.7 Å². The number of aromatic hydroxyl groups is 1. The average Bonchev–Trinajstić information content (AvgIpc) is 3.06. The smallest absolute Gasteiger partial charge is 0.262 e. The van der Waals surface area contributed by atoms with Crippen LogP contribution in [-0.4, -0.2) is 30.1 Å². The number of phenolic OH excluding ortho intramolecular Hbond substituents is 1. The monoisotopic (exact) mass is 338 g/mol. The van der Waals surface area contributed by atoms with Gasteiger partial charge in [0.1, 0.15) is 11.6 Å². The highest BCUT2D eigenvalue weighted by atomic mass is 19.1. The van der Waals surface area contributed by atoms with Gasteiger partial charge in [-0.25, -0.2) is 4.39 Å². The lowest BCUT2D eigenvalue weighted by Crippen LogP contribution is -2.38. The molecule has 0 fully saturated rings. The van der Waals surface area contributed by atoms with Gasteiger partial charge in [-0.1, -0.05) is 6.07 Å². The van der Waals surface area contributed by atoms with E-state index in [9.17, 15) is 19.6 Å². The van der Waals surface area contributed by atoms with E-state index in [2.05, 4.69) is 15.6 Å². The van der Waals surface area contributed by atoms with Gasteiger partial charge in [0.2, 0.25) is 0 Å². The number of hydrogen-bond acceptors (Lipinski definition) is 5. The first-order valence-electron chi connectivity index (χ1n) is 7.63. The summed E-state index contributed by atoms with van der Waals surface area (Å²) in [7, 11) is 0. The number of benzene rings is 2. The third kappa shape index (κ3) is 3.28. The molecule has 0 aliphatic carbocycles. The van der Waals surface area contributed by atoms with Gasteiger partial charge in [0.05, 0.1) is 23.7 Å². The van der Waals surface area contributed by atoms with Crippen LogP contribution in [0.15, 0.2) is 35.3 Å². The van der Waals surface area contributed by atoms with Crippen LogP contribution < -0.4 is 10.6 Å². The molecule has 2 aromatic rings. The van der Waals surface area contributed by atoms with Gasteiger partial charge < -0.3 is 10.4 Å². The molecule has 1 amide bonds. The Morgan fingerprint density at radius 1 is 1.40 bits per heavy atom. The Morgan fingerprint density at radius 2 is 2.20 bits per heavy atom. The van der Waals surface area contributed by atoms with Crippen molar-refractivity contribution in [2.24, 2.45) is 4.99 Å². The lowest BCUT2D eigenvalue weighted by molar-refractivity contribution is 0.0974. The number of guanidine groups is 1. The first kappa shape index (κ1) is 16.5. The fraction of sp³-hybridized carbons (Fsp3) is 0.167. The van der Waals surface area contributed by atoms with E-state index in [0.717, 1.165) is 0 Å².